The van der Waals surface area contributed by atoms with E-state index in [0.29, 0.717) is 27.7 Å². The number of carbonyl (C=O) groups excluding carboxylic acids is 2. The first-order valence-electron chi connectivity index (χ1n) is 14.0. The van der Waals surface area contributed by atoms with Crippen molar-refractivity contribution < 1.29 is 18.0 Å². The fraction of sp³-hybridized carbons (Fsp3) is 0.355. The van der Waals surface area contributed by atoms with E-state index in [9.17, 15) is 18.0 Å². The van der Waals surface area contributed by atoms with E-state index >= 15 is 0 Å². The summed E-state index contributed by atoms with van der Waals surface area (Å²) in [6, 6.07) is 19.1. The number of benzene rings is 3. The Labute approximate surface area is 271 Å². The number of nitrogens with zero attached hydrogens (tertiary/aromatic N) is 2. The van der Waals surface area contributed by atoms with E-state index in [0.717, 1.165) is 40.0 Å². The summed E-state index contributed by atoms with van der Waals surface area (Å²) in [5.74, 6) is -0.778. The van der Waals surface area contributed by atoms with E-state index in [4.69, 9.17) is 23.2 Å². The molecule has 0 aliphatic heterocycles. The summed E-state index contributed by atoms with van der Waals surface area (Å²) in [5, 5.41) is 3.95. The van der Waals surface area contributed by atoms with E-state index in [1.807, 2.05) is 6.92 Å². The molecule has 224 valence electrons. The molecule has 1 unspecified atom stereocenters. The Bertz CT molecular complexity index is 1480. The monoisotopic (exact) mass is 741 g/mol. The molecule has 1 aliphatic carbocycles. The number of halogens is 3. The lowest BCUT2D eigenvalue weighted by molar-refractivity contribution is -0.140. The van der Waals surface area contributed by atoms with Crippen LogP contribution in [-0.2, 0) is 26.2 Å². The molecule has 1 atom stereocenters. The Balaban J connectivity index is 1.71. The Kier molecular flexibility index (Phi) is 11.6. The van der Waals surface area contributed by atoms with Gasteiger partial charge in [0, 0.05) is 26.2 Å². The van der Waals surface area contributed by atoms with E-state index < -0.39 is 28.5 Å². The molecule has 3 aromatic carbocycles. The van der Waals surface area contributed by atoms with Gasteiger partial charge >= 0.3 is 0 Å². The molecule has 1 aliphatic rings. The largest absolute Gasteiger partial charge is 0.352 e. The summed E-state index contributed by atoms with van der Waals surface area (Å²) < 4.78 is 29.8. The Morgan fingerprint density at radius 3 is 2.26 bits per heavy atom. The highest BCUT2D eigenvalue weighted by atomic mass is 127. The SMILES string of the molecule is CCC(C(=O)NC1CCCCC1)N(Cc1ccc(Cl)cc1Cl)C(=O)CN(c1ccc(I)cc1)S(=O)(=O)c1ccccc1. The quantitative estimate of drug-likeness (QED) is 0.214. The molecule has 1 fully saturated rings. The van der Waals surface area contributed by atoms with Gasteiger partial charge in [0.25, 0.3) is 10.0 Å². The Morgan fingerprint density at radius 1 is 0.976 bits per heavy atom. The first-order valence-corrected chi connectivity index (χ1v) is 17.2. The average Bonchev–Trinajstić information content (AvgIpc) is 2.98. The number of sulfonamides is 1. The molecule has 1 saturated carbocycles. The van der Waals surface area contributed by atoms with Gasteiger partial charge in [0.15, 0.2) is 0 Å². The number of amides is 2. The van der Waals surface area contributed by atoms with Gasteiger partial charge in [-0.2, -0.15) is 0 Å². The minimum Gasteiger partial charge on any atom is -0.352 e. The summed E-state index contributed by atoms with van der Waals surface area (Å²) in [6.45, 7) is 1.35. The second-order valence-corrected chi connectivity index (χ2v) is 14.3. The van der Waals surface area contributed by atoms with Crippen LogP contribution in [0.4, 0.5) is 5.69 Å². The van der Waals surface area contributed by atoms with Gasteiger partial charge in [-0.05, 0) is 95.9 Å². The van der Waals surface area contributed by atoms with E-state index in [1.165, 1.54) is 17.0 Å². The third-order valence-electron chi connectivity index (χ3n) is 7.42. The average molecular weight is 743 g/mol. The smallest absolute Gasteiger partial charge is 0.264 e. The van der Waals surface area contributed by atoms with Crippen molar-refractivity contribution in [3.8, 4) is 0 Å². The van der Waals surface area contributed by atoms with E-state index in [2.05, 4.69) is 27.9 Å². The Hall–Kier alpha value is -2.34. The third kappa shape index (κ3) is 8.18. The van der Waals surface area contributed by atoms with Crippen LogP contribution in [0.2, 0.25) is 10.0 Å². The maximum absolute atomic E-state index is 14.2. The zero-order chi connectivity index (χ0) is 30.3. The molecule has 11 heteroatoms. The normalized spacial score (nSPS) is 14.7. The predicted octanol–water partition coefficient (Wildman–Crippen LogP) is 7.05. The predicted molar refractivity (Wildman–Crippen MR) is 176 cm³/mol. The highest BCUT2D eigenvalue weighted by Crippen LogP contribution is 2.27. The second-order valence-electron chi connectivity index (χ2n) is 10.3. The van der Waals surface area contributed by atoms with Crippen LogP contribution in [0.1, 0.15) is 51.0 Å². The number of carbonyl (C=O) groups is 2. The van der Waals surface area contributed by atoms with Crippen LogP contribution >= 0.6 is 45.8 Å². The molecule has 4 rings (SSSR count). The molecule has 0 heterocycles. The third-order valence-corrected chi connectivity index (χ3v) is 10.5. The number of nitrogens with one attached hydrogen (secondary N) is 1. The topological polar surface area (TPSA) is 86.8 Å². The molecule has 0 saturated heterocycles. The highest BCUT2D eigenvalue weighted by molar-refractivity contribution is 14.1. The summed E-state index contributed by atoms with van der Waals surface area (Å²) in [5.41, 5.74) is 0.946. The number of rotatable bonds is 11. The lowest BCUT2D eigenvalue weighted by atomic mass is 9.95. The molecule has 0 aromatic heterocycles. The van der Waals surface area contributed by atoms with Crippen molar-refractivity contribution in [3.63, 3.8) is 0 Å². The molecule has 42 heavy (non-hydrogen) atoms. The molecule has 0 radical (unpaired) electrons. The summed E-state index contributed by atoms with van der Waals surface area (Å²) >= 11 is 14.8. The van der Waals surface area contributed by atoms with Crippen molar-refractivity contribution in [2.45, 2.75) is 69.0 Å². The maximum atomic E-state index is 14.2. The molecule has 3 aromatic rings. The molecule has 7 nitrogen and oxygen atoms in total. The number of hydrogen-bond acceptors (Lipinski definition) is 4. The zero-order valence-corrected chi connectivity index (χ0v) is 27.8. The highest BCUT2D eigenvalue weighted by Gasteiger charge is 2.34. The van der Waals surface area contributed by atoms with Gasteiger partial charge in [-0.15, -0.1) is 0 Å². The van der Waals surface area contributed by atoms with Gasteiger partial charge in [0.05, 0.1) is 10.6 Å². The first kappa shape index (κ1) is 32.6. The summed E-state index contributed by atoms with van der Waals surface area (Å²) in [7, 11) is -4.12. The number of anilines is 1. The van der Waals surface area contributed by atoms with E-state index in [-0.39, 0.29) is 23.4 Å². The van der Waals surface area contributed by atoms with Gasteiger partial charge in [0.2, 0.25) is 11.8 Å². The molecule has 1 N–H and O–H groups in total. The van der Waals surface area contributed by atoms with Crippen molar-refractivity contribution in [3.05, 3.63) is 92.0 Å². The summed E-state index contributed by atoms with van der Waals surface area (Å²) in [4.78, 5) is 29.4. The van der Waals surface area contributed by atoms with Gasteiger partial charge < -0.3 is 10.2 Å². The van der Waals surface area contributed by atoms with Crippen LogP contribution < -0.4 is 9.62 Å². The van der Waals surface area contributed by atoms with Crippen molar-refractivity contribution in [1.82, 2.24) is 10.2 Å². The van der Waals surface area contributed by atoms with Crippen LogP contribution in [-0.4, -0.2) is 43.8 Å². The first-order chi connectivity index (χ1) is 20.1. The van der Waals surface area contributed by atoms with Gasteiger partial charge in [0.1, 0.15) is 12.6 Å². The van der Waals surface area contributed by atoms with Crippen molar-refractivity contribution in [2.24, 2.45) is 0 Å². The fourth-order valence-electron chi connectivity index (χ4n) is 5.15. The van der Waals surface area contributed by atoms with Crippen LogP contribution in [0.3, 0.4) is 0 Å². The fourth-order valence-corrected chi connectivity index (χ4v) is 7.42. The van der Waals surface area contributed by atoms with E-state index in [1.54, 1.807) is 60.7 Å². The lowest BCUT2D eigenvalue weighted by Gasteiger charge is -2.34. The van der Waals surface area contributed by atoms with Crippen molar-refractivity contribution >= 4 is 73.3 Å². The minimum atomic E-state index is -4.12. The van der Waals surface area contributed by atoms with Gasteiger partial charge in [-0.3, -0.25) is 13.9 Å². The summed E-state index contributed by atoms with van der Waals surface area (Å²) in [6.07, 6.45) is 5.38. The maximum Gasteiger partial charge on any atom is 0.264 e. The van der Waals surface area contributed by atoms with Crippen LogP contribution in [0.5, 0.6) is 0 Å². The zero-order valence-electron chi connectivity index (χ0n) is 23.3. The molecule has 2 amide bonds. The van der Waals surface area contributed by atoms with Crippen LogP contribution in [0, 0.1) is 3.57 Å². The number of hydrogen-bond donors (Lipinski definition) is 1. The van der Waals surface area contributed by atoms with Crippen LogP contribution in [0.15, 0.2) is 77.7 Å². The van der Waals surface area contributed by atoms with Crippen molar-refractivity contribution in [2.75, 3.05) is 10.8 Å². The van der Waals surface area contributed by atoms with Gasteiger partial charge in [-0.25, -0.2) is 8.42 Å². The lowest BCUT2D eigenvalue weighted by Crippen LogP contribution is -2.54. The molecule has 0 spiro atoms. The molecular weight excluding hydrogens is 708 g/mol. The van der Waals surface area contributed by atoms with Gasteiger partial charge in [-0.1, -0.05) is 73.7 Å². The minimum absolute atomic E-state index is 0.0113. The standard InChI is InChI=1S/C31H34Cl2IN3O4S/c1-2-29(31(39)35-25-9-5-3-6-10-25)36(20-22-13-14-23(32)19-28(22)33)30(38)21-37(26-17-15-24(34)16-18-26)42(40,41)27-11-7-4-8-12-27/h4,7-8,11-19,25,29H,2-3,5-6,9-10,20-21H2,1H3,(H,35,39). The molecular formula is C31H34Cl2IN3O4S. The van der Waals surface area contributed by atoms with Crippen LogP contribution in [0.25, 0.3) is 0 Å². The molecule has 0 bridgehead atoms. The van der Waals surface area contributed by atoms with Crippen molar-refractivity contribution in [1.29, 1.82) is 0 Å². The Morgan fingerprint density at radius 2 is 1.64 bits per heavy atom. The second kappa shape index (κ2) is 14.9.